The lowest BCUT2D eigenvalue weighted by molar-refractivity contribution is -0.141. The van der Waals surface area contributed by atoms with Crippen LogP contribution in [-0.4, -0.2) is 82.7 Å². The fourth-order valence-corrected chi connectivity index (χ4v) is 3.95. The molecule has 2 aliphatic rings. The average molecular weight is 405 g/mol. The van der Waals surface area contributed by atoms with E-state index in [4.69, 9.17) is 4.74 Å². The Bertz CT molecular complexity index is 728. The van der Waals surface area contributed by atoms with Gasteiger partial charge in [-0.25, -0.2) is 0 Å². The van der Waals surface area contributed by atoms with Crippen molar-refractivity contribution in [3.05, 3.63) is 18.0 Å². The van der Waals surface area contributed by atoms with Gasteiger partial charge < -0.3 is 19.9 Å². The predicted octanol–water partition coefficient (Wildman–Crippen LogP) is 0.184. The molecule has 0 bridgehead atoms. The number of hydrogen-bond acceptors (Lipinski definition) is 5. The number of likely N-dealkylation sites (tertiary alicyclic amines) is 1. The van der Waals surface area contributed by atoms with Crippen LogP contribution in [0.15, 0.2) is 12.3 Å². The number of nitrogens with zero attached hydrogens (tertiary/aromatic N) is 4. The van der Waals surface area contributed by atoms with E-state index in [-0.39, 0.29) is 29.7 Å². The largest absolute Gasteiger partial charge is 0.378 e. The molecule has 2 aliphatic heterocycles. The van der Waals surface area contributed by atoms with Gasteiger partial charge in [0.05, 0.1) is 19.1 Å². The Kier molecular flexibility index (Phi) is 7.24. The van der Waals surface area contributed by atoms with E-state index in [1.54, 1.807) is 15.8 Å². The molecule has 2 atom stereocenters. The summed E-state index contributed by atoms with van der Waals surface area (Å²) in [5, 5.41) is 7.24. The monoisotopic (exact) mass is 405 g/mol. The average Bonchev–Trinajstić information content (AvgIpc) is 3.00. The molecule has 1 aromatic heterocycles. The zero-order chi connectivity index (χ0) is 20.8. The third-order valence-corrected chi connectivity index (χ3v) is 5.71. The number of carbonyl (C=O) groups excluding carboxylic acids is 3. The first-order chi connectivity index (χ1) is 13.9. The van der Waals surface area contributed by atoms with E-state index < -0.39 is 0 Å². The van der Waals surface area contributed by atoms with Gasteiger partial charge in [-0.2, -0.15) is 5.10 Å². The molecular weight excluding hydrogens is 374 g/mol. The van der Waals surface area contributed by atoms with Crippen LogP contribution in [0.2, 0.25) is 0 Å². The minimum atomic E-state index is -0.231. The Morgan fingerprint density at radius 3 is 2.59 bits per heavy atom. The molecule has 0 spiro atoms. The van der Waals surface area contributed by atoms with Crippen LogP contribution in [0.4, 0.5) is 0 Å². The van der Waals surface area contributed by atoms with Crippen LogP contribution < -0.4 is 5.32 Å². The quantitative estimate of drug-likeness (QED) is 0.754. The summed E-state index contributed by atoms with van der Waals surface area (Å²) in [6.45, 7) is 7.15. The number of ether oxygens (including phenoxy) is 1. The Labute approximate surface area is 171 Å². The zero-order valence-corrected chi connectivity index (χ0v) is 17.3. The highest BCUT2D eigenvalue weighted by Gasteiger charge is 2.33. The lowest BCUT2D eigenvalue weighted by Gasteiger charge is -2.31. The topological polar surface area (TPSA) is 96.8 Å². The van der Waals surface area contributed by atoms with Gasteiger partial charge in [0.1, 0.15) is 0 Å². The molecule has 2 saturated heterocycles. The van der Waals surface area contributed by atoms with Crippen molar-refractivity contribution in [2.24, 2.45) is 5.92 Å². The van der Waals surface area contributed by atoms with Gasteiger partial charge in [-0.1, -0.05) is 0 Å². The summed E-state index contributed by atoms with van der Waals surface area (Å²) in [5.41, 5.74) is 1.01. The van der Waals surface area contributed by atoms with Crippen LogP contribution in [0.25, 0.3) is 0 Å². The number of carbonyl (C=O) groups is 3. The van der Waals surface area contributed by atoms with E-state index in [1.165, 1.54) is 6.92 Å². The van der Waals surface area contributed by atoms with Crippen molar-refractivity contribution in [1.29, 1.82) is 0 Å². The number of aromatic nitrogens is 2. The highest BCUT2D eigenvalue weighted by molar-refractivity contribution is 5.81. The Hall–Kier alpha value is -2.42. The number of nitrogens with one attached hydrogen (secondary N) is 1. The second kappa shape index (κ2) is 9.87. The van der Waals surface area contributed by atoms with E-state index >= 15 is 0 Å². The predicted molar refractivity (Wildman–Crippen MR) is 106 cm³/mol. The molecule has 9 nitrogen and oxygen atoms in total. The van der Waals surface area contributed by atoms with E-state index in [1.807, 2.05) is 17.9 Å². The molecule has 3 amide bonds. The van der Waals surface area contributed by atoms with Crippen molar-refractivity contribution in [2.45, 2.75) is 45.7 Å². The Balaban J connectivity index is 1.56. The number of aryl methyl sites for hydroxylation is 2. The fraction of sp³-hybridized carbons (Fsp3) is 0.700. The van der Waals surface area contributed by atoms with Crippen molar-refractivity contribution in [2.75, 3.05) is 39.4 Å². The highest BCUT2D eigenvalue weighted by Crippen LogP contribution is 2.20. The van der Waals surface area contributed by atoms with Crippen LogP contribution >= 0.6 is 0 Å². The smallest absolute Gasteiger partial charge is 0.227 e. The molecule has 1 aromatic rings. The summed E-state index contributed by atoms with van der Waals surface area (Å²) < 4.78 is 7.12. The first kappa shape index (κ1) is 21.3. The molecule has 0 aromatic carbocycles. The lowest BCUT2D eigenvalue weighted by atomic mass is 10.00. The molecule has 160 valence electrons. The molecule has 0 radical (unpaired) electrons. The summed E-state index contributed by atoms with van der Waals surface area (Å²) in [6, 6.07) is 1.76. The van der Waals surface area contributed by atoms with Crippen molar-refractivity contribution in [3.8, 4) is 0 Å². The molecule has 9 heteroatoms. The van der Waals surface area contributed by atoms with Gasteiger partial charge in [0.15, 0.2) is 0 Å². The van der Waals surface area contributed by atoms with Crippen molar-refractivity contribution < 1.29 is 19.1 Å². The first-order valence-electron chi connectivity index (χ1n) is 10.3. The van der Waals surface area contributed by atoms with Crippen LogP contribution in [0, 0.1) is 12.8 Å². The van der Waals surface area contributed by atoms with E-state index in [9.17, 15) is 14.4 Å². The van der Waals surface area contributed by atoms with Crippen LogP contribution in [0.5, 0.6) is 0 Å². The molecule has 1 N–H and O–H groups in total. The number of hydrogen-bond donors (Lipinski definition) is 1. The third-order valence-electron chi connectivity index (χ3n) is 5.71. The fourth-order valence-electron chi connectivity index (χ4n) is 3.95. The second-order valence-electron chi connectivity index (χ2n) is 7.85. The standard InChI is InChI=1S/C20H31N5O4/c1-15-5-7-21-25(15)8-6-19(27)22-18-4-3-17(13-24(14-18)16(2)26)20(28)23-9-11-29-12-10-23/h5,7,17-18H,3-4,6,8-14H2,1-2H3,(H,22,27)/t17-,18+/m1/s1. The van der Waals surface area contributed by atoms with E-state index in [2.05, 4.69) is 10.4 Å². The normalized spacial score (nSPS) is 22.8. The van der Waals surface area contributed by atoms with Gasteiger partial charge >= 0.3 is 0 Å². The molecule has 0 aliphatic carbocycles. The first-order valence-corrected chi connectivity index (χ1v) is 10.3. The minimum absolute atomic E-state index is 0.0636. The SMILES string of the molecule is CC(=O)N1C[C@@H](NC(=O)CCn2nccc2C)CC[C@@H](C(=O)N2CCOCC2)C1. The number of amides is 3. The van der Waals surface area contributed by atoms with E-state index in [0.717, 1.165) is 5.69 Å². The van der Waals surface area contributed by atoms with Crippen molar-refractivity contribution in [3.63, 3.8) is 0 Å². The van der Waals surface area contributed by atoms with Gasteiger partial charge in [0.2, 0.25) is 17.7 Å². The summed E-state index contributed by atoms with van der Waals surface area (Å²) in [6.07, 6.45) is 3.38. The third kappa shape index (κ3) is 5.79. The van der Waals surface area contributed by atoms with Gasteiger partial charge in [0, 0.05) is 64.0 Å². The maximum absolute atomic E-state index is 12.9. The number of morpholine rings is 1. The zero-order valence-electron chi connectivity index (χ0n) is 17.3. The van der Waals surface area contributed by atoms with Crippen molar-refractivity contribution in [1.82, 2.24) is 24.9 Å². The maximum atomic E-state index is 12.9. The summed E-state index contributed by atoms with van der Waals surface area (Å²) in [4.78, 5) is 41.0. The molecule has 3 rings (SSSR count). The molecule has 29 heavy (non-hydrogen) atoms. The summed E-state index contributed by atoms with van der Waals surface area (Å²) in [7, 11) is 0. The van der Waals surface area contributed by atoms with E-state index in [0.29, 0.717) is 65.2 Å². The minimum Gasteiger partial charge on any atom is -0.378 e. The van der Waals surface area contributed by atoms with Crippen LogP contribution in [-0.2, 0) is 25.7 Å². The van der Waals surface area contributed by atoms with Crippen molar-refractivity contribution >= 4 is 17.7 Å². The summed E-state index contributed by atoms with van der Waals surface area (Å²) in [5.74, 6) is -0.282. The number of rotatable bonds is 5. The molecule has 0 saturated carbocycles. The molecular formula is C20H31N5O4. The Morgan fingerprint density at radius 2 is 1.93 bits per heavy atom. The van der Waals surface area contributed by atoms with Gasteiger partial charge in [0.25, 0.3) is 0 Å². The van der Waals surface area contributed by atoms with Gasteiger partial charge in [-0.15, -0.1) is 0 Å². The summed E-state index contributed by atoms with van der Waals surface area (Å²) >= 11 is 0. The second-order valence-corrected chi connectivity index (χ2v) is 7.85. The lowest BCUT2D eigenvalue weighted by Crippen LogP contribution is -2.47. The van der Waals surface area contributed by atoms with Gasteiger partial charge in [-0.05, 0) is 25.8 Å². The van der Waals surface area contributed by atoms with Gasteiger partial charge in [-0.3, -0.25) is 19.1 Å². The van der Waals surface area contributed by atoms with Crippen LogP contribution in [0.3, 0.4) is 0 Å². The molecule has 3 heterocycles. The maximum Gasteiger partial charge on any atom is 0.227 e. The highest BCUT2D eigenvalue weighted by atomic mass is 16.5. The molecule has 2 fully saturated rings. The van der Waals surface area contributed by atoms with Crippen LogP contribution in [0.1, 0.15) is 31.9 Å². The molecule has 0 unspecified atom stereocenters. The Morgan fingerprint density at radius 1 is 1.17 bits per heavy atom.